The topological polar surface area (TPSA) is 80.9 Å². The fourth-order valence-corrected chi connectivity index (χ4v) is 2.40. The number of hydrogen-bond acceptors (Lipinski definition) is 6. The maximum absolute atomic E-state index is 11.7. The fraction of sp³-hybridized carbons (Fsp3) is 0.222. The average Bonchev–Trinajstić information content (AvgIpc) is 2.87. The highest BCUT2D eigenvalue weighted by molar-refractivity contribution is 7.15. The number of carbonyl (C=O) groups excluding carboxylic acids is 1. The second-order valence-electron chi connectivity index (χ2n) is 3.06. The van der Waals surface area contributed by atoms with Crippen molar-refractivity contribution in [2.75, 3.05) is 5.32 Å². The molecule has 5 nitrogen and oxygen atoms in total. The van der Waals surface area contributed by atoms with Gasteiger partial charge in [-0.3, -0.25) is 10.1 Å². The van der Waals surface area contributed by atoms with Crippen LogP contribution in [0.4, 0.5) is 5.13 Å². The van der Waals surface area contributed by atoms with Crippen molar-refractivity contribution in [2.45, 2.75) is 13.5 Å². The first-order valence-electron chi connectivity index (χ1n) is 4.57. The Morgan fingerprint density at radius 1 is 1.62 bits per heavy atom. The quantitative estimate of drug-likeness (QED) is 0.872. The van der Waals surface area contributed by atoms with Crippen molar-refractivity contribution in [1.29, 1.82) is 0 Å². The van der Waals surface area contributed by atoms with E-state index in [0.29, 0.717) is 17.4 Å². The lowest BCUT2D eigenvalue weighted by Gasteiger charge is -1.96. The van der Waals surface area contributed by atoms with E-state index in [1.54, 1.807) is 11.6 Å². The second kappa shape index (κ2) is 4.69. The summed E-state index contributed by atoms with van der Waals surface area (Å²) in [6, 6.07) is 0. The molecule has 0 aliphatic heterocycles. The number of amides is 1. The molecule has 0 radical (unpaired) electrons. The zero-order valence-electron chi connectivity index (χ0n) is 8.56. The minimum atomic E-state index is -0.245. The van der Waals surface area contributed by atoms with Gasteiger partial charge < -0.3 is 5.73 Å². The van der Waals surface area contributed by atoms with Crippen molar-refractivity contribution in [3.05, 3.63) is 27.2 Å². The van der Waals surface area contributed by atoms with Crippen LogP contribution in [0.15, 0.2) is 11.6 Å². The zero-order valence-corrected chi connectivity index (χ0v) is 10.2. The molecule has 2 aromatic heterocycles. The molecule has 2 heterocycles. The van der Waals surface area contributed by atoms with Gasteiger partial charge in [-0.25, -0.2) is 9.97 Å². The molecule has 0 aliphatic carbocycles. The van der Waals surface area contributed by atoms with Gasteiger partial charge in [0.1, 0.15) is 10.7 Å². The summed E-state index contributed by atoms with van der Waals surface area (Å²) >= 11 is 2.81. The molecule has 0 aromatic carbocycles. The van der Waals surface area contributed by atoms with Crippen molar-refractivity contribution in [1.82, 2.24) is 9.97 Å². The summed E-state index contributed by atoms with van der Waals surface area (Å²) in [6.07, 6.45) is 1.71. The predicted molar refractivity (Wildman–Crippen MR) is 64.8 cm³/mol. The van der Waals surface area contributed by atoms with E-state index in [9.17, 15) is 4.79 Å². The number of nitrogens with zero attached hydrogens (tertiary/aromatic N) is 2. The third kappa shape index (κ3) is 2.43. The van der Waals surface area contributed by atoms with Gasteiger partial charge in [0.15, 0.2) is 5.13 Å². The lowest BCUT2D eigenvalue weighted by molar-refractivity contribution is 0.102. The smallest absolute Gasteiger partial charge is 0.276 e. The third-order valence-electron chi connectivity index (χ3n) is 1.80. The van der Waals surface area contributed by atoms with Gasteiger partial charge in [0.2, 0.25) is 0 Å². The average molecular weight is 254 g/mol. The van der Waals surface area contributed by atoms with Crippen LogP contribution in [0.3, 0.4) is 0 Å². The molecule has 0 spiro atoms. The molecule has 0 bridgehead atoms. The van der Waals surface area contributed by atoms with Crippen molar-refractivity contribution in [3.8, 4) is 0 Å². The maximum Gasteiger partial charge on any atom is 0.276 e. The Labute approximate surface area is 100 Å². The number of carbonyl (C=O) groups is 1. The Kier molecular flexibility index (Phi) is 3.28. The summed E-state index contributed by atoms with van der Waals surface area (Å²) in [5.74, 6) is -0.245. The normalized spacial score (nSPS) is 10.4. The molecule has 1 amide bonds. The second-order valence-corrected chi connectivity index (χ2v) is 5.24. The SMILES string of the molecule is Cc1cnc(NC(=O)c2csc(CN)n2)s1. The van der Waals surface area contributed by atoms with Crippen molar-refractivity contribution in [2.24, 2.45) is 5.73 Å². The van der Waals surface area contributed by atoms with E-state index in [0.717, 1.165) is 9.88 Å². The number of nitrogens with two attached hydrogens (primary N) is 1. The van der Waals surface area contributed by atoms with E-state index in [1.165, 1.54) is 22.7 Å². The van der Waals surface area contributed by atoms with Crippen molar-refractivity contribution in [3.63, 3.8) is 0 Å². The molecule has 84 valence electrons. The number of hydrogen-bond donors (Lipinski definition) is 2. The molecule has 0 aliphatic rings. The van der Waals surface area contributed by atoms with Crippen LogP contribution in [0, 0.1) is 6.92 Å². The molecule has 2 aromatic rings. The Morgan fingerprint density at radius 2 is 2.44 bits per heavy atom. The highest BCUT2D eigenvalue weighted by Crippen LogP contribution is 2.18. The zero-order chi connectivity index (χ0) is 11.5. The molecule has 2 rings (SSSR count). The lowest BCUT2D eigenvalue weighted by Crippen LogP contribution is -2.12. The van der Waals surface area contributed by atoms with E-state index in [2.05, 4.69) is 15.3 Å². The monoisotopic (exact) mass is 254 g/mol. The van der Waals surface area contributed by atoms with Crippen LogP contribution in [-0.2, 0) is 6.54 Å². The van der Waals surface area contributed by atoms with Gasteiger partial charge in [-0.15, -0.1) is 22.7 Å². The van der Waals surface area contributed by atoms with Gasteiger partial charge in [-0.1, -0.05) is 0 Å². The summed E-state index contributed by atoms with van der Waals surface area (Å²) in [7, 11) is 0. The number of aryl methyl sites for hydroxylation is 1. The van der Waals surface area contributed by atoms with E-state index >= 15 is 0 Å². The lowest BCUT2D eigenvalue weighted by atomic mass is 10.4. The van der Waals surface area contributed by atoms with Crippen LogP contribution in [-0.4, -0.2) is 15.9 Å². The van der Waals surface area contributed by atoms with E-state index < -0.39 is 0 Å². The summed E-state index contributed by atoms with van der Waals surface area (Å²) in [6.45, 7) is 2.29. The minimum absolute atomic E-state index is 0.245. The molecule has 0 fully saturated rings. The van der Waals surface area contributed by atoms with Crippen LogP contribution >= 0.6 is 22.7 Å². The Hall–Kier alpha value is -1.31. The molecule has 7 heteroatoms. The van der Waals surface area contributed by atoms with E-state index in [-0.39, 0.29) is 5.91 Å². The van der Waals surface area contributed by atoms with E-state index in [4.69, 9.17) is 5.73 Å². The van der Waals surface area contributed by atoms with Crippen LogP contribution in [0.5, 0.6) is 0 Å². The summed E-state index contributed by atoms with van der Waals surface area (Å²) in [5.41, 5.74) is 5.81. The van der Waals surface area contributed by atoms with Gasteiger partial charge >= 0.3 is 0 Å². The van der Waals surface area contributed by atoms with Gasteiger partial charge in [0.05, 0.1) is 0 Å². The van der Waals surface area contributed by atoms with Crippen LogP contribution < -0.4 is 11.1 Å². The van der Waals surface area contributed by atoms with Gasteiger partial charge in [0.25, 0.3) is 5.91 Å². The minimum Gasteiger partial charge on any atom is -0.325 e. The first kappa shape index (κ1) is 11.2. The first-order valence-corrected chi connectivity index (χ1v) is 6.27. The number of anilines is 1. The number of rotatable bonds is 3. The summed E-state index contributed by atoms with van der Waals surface area (Å²) in [5, 5.41) is 5.72. The van der Waals surface area contributed by atoms with E-state index in [1.807, 2.05) is 6.92 Å². The highest BCUT2D eigenvalue weighted by atomic mass is 32.1. The maximum atomic E-state index is 11.7. The molecule has 0 saturated heterocycles. The predicted octanol–water partition coefficient (Wildman–Crippen LogP) is 1.62. The molecular formula is C9H10N4OS2. The van der Waals surface area contributed by atoms with Gasteiger partial charge in [-0.2, -0.15) is 0 Å². The Bertz CT molecular complexity index is 505. The molecular weight excluding hydrogens is 244 g/mol. The van der Waals surface area contributed by atoms with Crippen molar-refractivity contribution >= 4 is 33.7 Å². The van der Waals surface area contributed by atoms with Crippen LogP contribution in [0.2, 0.25) is 0 Å². The fourth-order valence-electron chi connectivity index (χ4n) is 1.08. The molecule has 0 atom stereocenters. The highest BCUT2D eigenvalue weighted by Gasteiger charge is 2.11. The summed E-state index contributed by atoms with van der Waals surface area (Å²) < 4.78 is 0. The Balaban J connectivity index is 2.08. The first-order chi connectivity index (χ1) is 7.69. The molecule has 0 saturated carbocycles. The third-order valence-corrected chi connectivity index (χ3v) is 3.50. The largest absolute Gasteiger partial charge is 0.325 e. The number of aromatic nitrogens is 2. The van der Waals surface area contributed by atoms with Gasteiger partial charge in [-0.05, 0) is 6.92 Å². The number of thiazole rings is 2. The molecule has 3 N–H and O–H groups in total. The van der Waals surface area contributed by atoms with Crippen molar-refractivity contribution < 1.29 is 4.79 Å². The standard InChI is InChI=1S/C9H10N4OS2/c1-5-3-11-9(16-5)13-8(14)6-4-15-7(2-10)12-6/h3-4H,2,10H2,1H3,(H,11,13,14). The van der Waals surface area contributed by atoms with Gasteiger partial charge in [0, 0.05) is 23.0 Å². The van der Waals surface area contributed by atoms with Crippen LogP contribution in [0.1, 0.15) is 20.4 Å². The molecule has 0 unspecified atom stereocenters. The molecule has 16 heavy (non-hydrogen) atoms. The Morgan fingerprint density at radius 3 is 3.00 bits per heavy atom. The van der Waals surface area contributed by atoms with Crippen LogP contribution in [0.25, 0.3) is 0 Å². The summed E-state index contributed by atoms with van der Waals surface area (Å²) in [4.78, 5) is 20.9. The number of nitrogens with one attached hydrogen (secondary N) is 1.